The minimum atomic E-state index is -3.74. The predicted molar refractivity (Wildman–Crippen MR) is 151 cm³/mol. The average molecular weight is 616 g/mol. The van der Waals surface area contributed by atoms with Crippen LogP contribution in [0.2, 0.25) is 5.02 Å². The fraction of sp³-hybridized carbons (Fsp3) is 0.250. The van der Waals surface area contributed by atoms with E-state index in [0.717, 1.165) is 0 Å². The van der Waals surface area contributed by atoms with Crippen molar-refractivity contribution in [1.29, 1.82) is 0 Å². The molecule has 43 heavy (non-hydrogen) atoms. The van der Waals surface area contributed by atoms with Gasteiger partial charge in [0.1, 0.15) is 11.5 Å². The van der Waals surface area contributed by atoms with Crippen LogP contribution in [0.1, 0.15) is 47.2 Å². The Morgan fingerprint density at radius 2 is 2.02 bits per heavy atom. The summed E-state index contributed by atoms with van der Waals surface area (Å²) in [7, 11) is 1.17. The third kappa shape index (κ3) is 6.04. The number of benzene rings is 2. The van der Waals surface area contributed by atoms with Gasteiger partial charge in [-0.15, -0.1) is 0 Å². The number of ether oxygens (including phenoxy) is 1. The minimum Gasteiger partial charge on any atom is -0.453 e. The third-order valence-corrected chi connectivity index (χ3v) is 7.23. The second-order valence-electron chi connectivity index (χ2n) is 9.75. The van der Waals surface area contributed by atoms with Crippen molar-refractivity contribution in [1.82, 2.24) is 25.1 Å². The van der Waals surface area contributed by atoms with Crippen LogP contribution in [-0.2, 0) is 9.53 Å². The third-order valence-electron chi connectivity index (χ3n) is 6.94. The molecule has 224 valence electrons. The number of rotatable bonds is 4. The van der Waals surface area contributed by atoms with Gasteiger partial charge in [0.05, 0.1) is 47.0 Å². The van der Waals surface area contributed by atoms with E-state index in [4.69, 9.17) is 11.6 Å². The number of nitrogens with zero attached hydrogens (tertiary/aromatic N) is 3. The Kier molecular flexibility index (Phi) is 8.13. The Bertz CT molecular complexity index is 1720. The molecule has 1 aliphatic rings. The highest BCUT2D eigenvalue weighted by Crippen LogP contribution is 2.34. The van der Waals surface area contributed by atoms with E-state index in [-0.39, 0.29) is 51.9 Å². The molecule has 4 aromatic rings. The fourth-order valence-corrected chi connectivity index (χ4v) is 4.84. The Morgan fingerprint density at radius 1 is 1.23 bits per heavy atom. The van der Waals surface area contributed by atoms with Gasteiger partial charge in [-0.25, -0.2) is 18.9 Å². The molecular formula is C28H25ClF3N7O4. The number of hydrogen-bond acceptors (Lipinski definition) is 6. The summed E-state index contributed by atoms with van der Waals surface area (Å²) in [5.74, 6) is -6.28. The van der Waals surface area contributed by atoms with Crippen LogP contribution in [-0.4, -0.2) is 50.7 Å². The predicted octanol–water partition coefficient (Wildman–Crippen LogP) is 5.77. The fourth-order valence-electron chi connectivity index (χ4n) is 4.67. The summed E-state index contributed by atoms with van der Waals surface area (Å²) in [5, 5.41) is 11.5. The molecular weight excluding hydrogens is 591 g/mol. The van der Waals surface area contributed by atoms with Gasteiger partial charge in [-0.1, -0.05) is 17.7 Å². The Labute approximate surface area is 247 Å². The van der Waals surface area contributed by atoms with Gasteiger partial charge in [-0.05, 0) is 50.1 Å². The van der Waals surface area contributed by atoms with Crippen molar-refractivity contribution in [3.8, 4) is 16.9 Å². The van der Waals surface area contributed by atoms with Crippen molar-refractivity contribution in [2.24, 2.45) is 0 Å². The van der Waals surface area contributed by atoms with Crippen molar-refractivity contribution in [3.63, 3.8) is 0 Å². The molecule has 2 bridgehead atoms. The molecule has 0 fully saturated rings. The van der Waals surface area contributed by atoms with Crippen LogP contribution >= 0.6 is 11.6 Å². The number of anilines is 2. The number of carbonyl (C=O) groups is 3. The van der Waals surface area contributed by atoms with E-state index in [9.17, 15) is 27.6 Å². The molecule has 2 aromatic carbocycles. The van der Waals surface area contributed by atoms with Crippen molar-refractivity contribution < 1.29 is 32.3 Å². The van der Waals surface area contributed by atoms with E-state index in [1.807, 2.05) is 0 Å². The number of carbonyl (C=O) groups excluding carboxylic acids is 3. The summed E-state index contributed by atoms with van der Waals surface area (Å²) in [4.78, 5) is 45.2. The summed E-state index contributed by atoms with van der Waals surface area (Å²) < 4.78 is 50.2. The van der Waals surface area contributed by atoms with Crippen LogP contribution in [0.25, 0.3) is 16.9 Å². The molecule has 11 nitrogen and oxygen atoms in total. The molecule has 15 heteroatoms. The molecule has 1 aliphatic heterocycles. The van der Waals surface area contributed by atoms with Crippen LogP contribution in [0.5, 0.6) is 0 Å². The number of aromatic amines is 1. The van der Waals surface area contributed by atoms with Crippen molar-refractivity contribution in [2.75, 3.05) is 17.7 Å². The van der Waals surface area contributed by atoms with E-state index in [2.05, 4.69) is 35.8 Å². The number of fused-ring (bicyclic) bond motifs is 4. The lowest BCUT2D eigenvalue weighted by atomic mass is 10.0. The number of nitrogens with one attached hydrogen (secondary N) is 4. The topological polar surface area (TPSA) is 143 Å². The second kappa shape index (κ2) is 11.8. The van der Waals surface area contributed by atoms with Crippen LogP contribution in [0.3, 0.4) is 0 Å². The molecule has 4 N–H and O–H groups in total. The van der Waals surface area contributed by atoms with Gasteiger partial charge in [0.2, 0.25) is 0 Å². The maximum Gasteiger partial charge on any atom is 0.411 e. The van der Waals surface area contributed by atoms with Gasteiger partial charge in [0.15, 0.2) is 5.82 Å². The smallest absolute Gasteiger partial charge is 0.411 e. The molecule has 3 heterocycles. The largest absolute Gasteiger partial charge is 0.453 e. The second-order valence-corrected chi connectivity index (χ2v) is 10.2. The maximum absolute atomic E-state index is 14.9. The molecule has 0 saturated carbocycles. The normalized spacial score (nSPS) is 16.2. The monoisotopic (exact) mass is 615 g/mol. The maximum atomic E-state index is 14.9. The minimum absolute atomic E-state index is 0.0194. The summed E-state index contributed by atoms with van der Waals surface area (Å²) in [6.07, 6.45) is 1.05. The molecule has 1 atom stereocenters. The first-order chi connectivity index (χ1) is 20.5. The first-order valence-corrected chi connectivity index (χ1v) is 13.4. The summed E-state index contributed by atoms with van der Waals surface area (Å²) in [6.45, 7) is 1.58. The number of amides is 3. The highest BCUT2D eigenvalue weighted by molar-refractivity contribution is 6.30. The zero-order valence-electron chi connectivity index (χ0n) is 22.8. The van der Waals surface area contributed by atoms with E-state index in [1.165, 1.54) is 54.5 Å². The van der Waals surface area contributed by atoms with Gasteiger partial charge in [-0.3, -0.25) is 14.9 Å². The number of methoxy groups -OCH3 is 1. The number of halogens is 4. The quantitative estimate of drug-likeness (QED) is 0.230. The summed E-state index contributed by atoms with van der Waals surface area (Å²) >= 11 is 5.90. The summed E-state index contributed by atoms with van der Waals surface area (Å²) in [5.41, 5.74) is 1.24. The highest BCUT2D eigenvalue weighted by Gasteiger charge is 2.39. The average Bonchev–Trinajstić information content (AvgIpc) is 3.61. The lowest BCUT2D eigenvalue weighted by Gasteiger charge is -2.21. The zero-order valence-corrected chi connectivity index (χ0v) is 23.6. The van der Waals surface area contributed by atoms with Gasteiger partial charge < -0.3 is 20.4 Å². The highest BCUT2D eigenvalue weighted by atomic mass is 35.5. The number of imidazole rings is 1. The first-order valence-electron chi connectivity index (χ1n) is 13.0. The van der Waals surface area contributed by atoms with Crippen molar-refractivity contribution >= 4 is 40.9 Å². The molecule has 0 spiro atoms. The molecule has 3 amide bonds. The number of alkyl halides is 2. The van der Waals surface area contributed by atoms with Crippen LogP contribution in [0.15, 0.2) is 48.8 Å². The Morgan fingerprint density at radius 3 is 2.79 bits per heavy atom. The standard InChI is InChI=1S/C28H25ClF3N7O4/c1-14-17(12-34-39(14)22-7-3-5-18(29)23(22)30)25(40)37-19-6-4-10-28(31,32)26(41)38-20-11-15(35-27(42)43-2)8-9-16(20)21-13-33-24(19)36-21/h3,5,7-9,11-13,19H,4,6,10H2,1-2H3,(H,33,36)(H,35,42)(H,37,40)(H,38,41)/t19-/m0/s1. The van der Waals surface area contributed by atoms with E-state index in [1.54, 1.807) is 13.0 Å². The first kappa shape index (κ1) is 29.6. The molecule has 0 unspecified atom stereocenters. The van der Waals surface area contributed by atoms with Crippen LogP contribution < -0.4 is 16.0 Å². The van der Waals surface area contributed by atoms with Gasteiger partial charge >= 0.3 is 12.0 Å². The molecule has 0 saturated heterocycles. The molecule has 0 aliphatic carbocycles. The zero-order chi connectivity index (χ0) is 30.9. The SMILES string of the molecule is COC(=O)Nc1ccc2c(c1)NC(=O)C(F)(F)CCC[C@H](NC(=O)c1cnn(-c3cccc(Cl)c3F)c1C)c1nc-2c[nH]1. The van der Waals surface area contributed by atoms with Gasteiger partial charge in [0, 0.05) is 23.9 Å². The molecule has 2 aromatic heterocycles. The van der Waals surface area contributed by atoms with Crippen LogP contribution in [0, 0.1) is 12.7 Å². The number of hydrogen-bond donors (Lipinski definition) is 4. The van der Waals surface area contributed by atoms with Gasteiger partial charge in [0.25, 0.3) is 11.8 Å². The number of aromatic nitrogens is 4. The van der Waals surface area contributed by atoms with Crippen molar-refractivity contribution in [2.45, 2.75) is 38.2 Å². The Balaban J connectivity index is 1.47. The lowest BCUT2D eigenvalue weighted by molar-refractivity contribution is -0.140. The molecule has 5 rings (SSSR count). The number of H-pyrrole nitrogens is 1. The van der Waals surface area contributed by atoms with E-state index < -0.39 is 42.1 Å². The van der Waals surface area contributed by atoms with E-state index >= 15 is 0 Å². The summed E-state index contributed by atoms with van der Waals surface area (Å²) in [6, 6.07) is 7.83. The van der Waals surface area contributed by atoms with Gasteiger partial charge in [-0.2, -0.15) is 13.9 Å². The van der Waals surface area contributed by atoms with Crippen molar-refractivity contribution in [3.05, 3.63) is 76.7 Å². The van der Waals surface area contributed by atoms with E-state index in [0.29, 0.717) is 11.4 Å². The molecule has 0 radical (unpaired) electrons. The lowest BCUT2D eigenvalue weighted by Crippen LogP contribution is -2.35. The Hall–Kier alpha value is -4.85. The van der Waals surface area contributed by atoms with Crippen LogP contribution in [0.4, 0.5) is 29.3 Å².